The number of halogens is 1. The van der Waals surface area contributed by atoms with E-state index in [9.17, 15) is 0 Å². The molecule has 5 nitrogen and oxygen atoms in total. The van der Waals surface area contributed by atoms with Crippen LogP contribution in [0, 0.1) is 0 Å². The van der Waals surface area contributed by atoms with E-state index in [4.69, 9.17) is 18.9 Å². The number of hydrogen-bond donors (Lipinski definition) is 0. The quantitative estimate of drug-likeness (QED) is 0.727. The van der Waals surface area contributed by atoms with E-state index in [1.165, 1.54) is 11.1 Å². The predicted octanol–water partition coefficient (Wildman–Crippen LogP) is 4.06. The average Bonchev–Trinajstić information content (AvgIpc) is 2.67. The van der Waals surface area contributed by atoms with Gasteiger partial charge in [-0.05, 0) is 54.4 Å². The molecule has 0 aliphatic carbocycles. The van der Waals surface area contributed by atoms with Crippen LogP contribution >= 0.6 is 15.9 Å². The first kappa shape index (κ1) is 18.9. The van der Waals surface area contributed by atoms with Crippen LogP contribution in [0.2, 0.25) is 0 Å². The summed E-state index contributed by atoms with van der Waals surface area (Å²) in [7, 11) is 8.76. The molecule has 1 aliphatic heterocycles. The molecule has 0 saturated heterocycles. The highest BCUT2D eigenvalue weighted by atomic mass is 79.9. The Hall–Kier alpha value is -1.92. The highest BCUT2D eigenvalue weighted by Crippen LogP contribution is 2.44. The molecule has 1 heterocycles. The van der Waals surface area contributed by atoms with Gasteiger partial charge in [-0.1, -0.05) is 15.9 Å². The van der Waals surface area contributed by atoms with Crippen molar-refractivity contribution in [3.63, 3.8) is 0 Å². The summed E-state index contributed by atoms with van der Waals surface area (Å²) in [5, 5.41) is 0. The number of nitrogens with zero attached hydrogens (tertiary/aromatic N) is 1. The highest BCUT2D eigenvalue weighted by molar-refractivity contribution is 9.10. The number of methoxy groups -OCH3 is 4. The summed E-state index contributed by atoms with van der Waals surface area (Å²) in [6, 6.07) is 8.24. The molecule has 0 spiro atoms. The van der Waals surface area contributed by atoms with Crippen molar-refractivity contribution in [2.75, 3.05) is 42.0 Å². The van der Waals surface area contributed by atoms with Gasteiger partial charge in [0.05, 0.1) is 34.5 Å². The fraction of sp³-hybridized carbons (Fsp3) is 0.400. The SMILES string of the molecule is COc1cc(Br)c(C2c3cc(OC)c(OC)cc3CCN2C)cc1OC. The summed E-state index contributed by atoms with van der Waals surface area (Å²) in [4.78, 5) is 2.33. The van der Waals surface area contributed by atoms with Gasteiger partial charge < -0.3 is 18.9 Å². The first-order chi connectivity index (χ1) is 12.5. The van der Waals surface area contributed by atoms with Gasteiger partial charge in [-0.25, -0.2) is 0 Å². The van der Waals surface area contributed by atoms with Crippen LogP contribution in [0.1, 0.15) is 22.7 Å². The fourth-order valence-corrected chi connectivity index (χ4v) is 4.09. The Balaban J connectivity index is 2.18. The normalized spacial score (nSPS) is 16.8. The molecule has 0 bridgehead atoms. The molecule has 2 aromatic carbocycles. The lowest BCUT2D eigenvalue weighted by Gasteiger charge is -2.36. The lowest BCUT2D eigenvalue weighted by atomic mass is 9.88. The first-order valence-corrected chi connectivity index (χ1v) is 9.19. The van der Waals surface area contributed by atoms with E-state index in [0.29, 0.717) is 11.5 Å². The van der Waals surface area contributed by atoms with E-state index in [-0.39, 0.29) is 6.04 Å². The van der Waals surface area contributed by atoms with Crippen molar-refractivity contribution in [2.45, 2.75) is 12.5 Å². The van der Waals surface area contributed by atoms with Crippen molar-refractivity contribution in [1.29, 1.82) is 0 Å². The van der Waals surface area contributed by atoms with Gasteiger partial charge in [0.15, 0.2) is 23.0 Å². The summed E-state index contributed by atoms with van der Waals surface area (Å²) in [5.41, 5.74) is 3.61. The van der Waals surface area contributed by atoms with E-state index in [1.54, 1.807) is 28.4 Å². The predicted molar refractivity (Wildman–Crippen MR) is 105 cm³/mol. The highest BCUT2D eigenvalue weighted by Gasteiger charge is 2.30. The molecule has 1 unspecified atom stereocenters. The minimum Gasteiger partial charge on any atom is -0.493 e. The number of ether oxygens (including phenoxy) is 4. The Morgan fingerprint density at radius 2 is 1.31 bits per heavy atom. The van der Waals surface area contributed by atoms with Gasteiger partial charge in [-0.2, -0.15) is 0 Å². The molecule has 26 heavy (non-hydrogen) atoms. The van der Waals surface area contributed by atoms with Gasteiger partial charge in [-0.15, -0.1) is 0 Å². The third-order valence-corrected chi connectivity index (χ3v) is 5.60. The molecular formula is C20H24BrNO4. The Labute approximate surface area is 162 Å². The Bertz CT molecular complexity index is 809. The maximum atomic E-state index is 5.53. The third kappa shape index (κ3) is 3.23. The molecule has 3 rings (SSSR count). The second kappa shape index (κ2) is 7.76. The largest absolute Gasteiger partial charge is 0.493 e. The van der Waals surface area contributed by atoms with Crippen LogP contribution < -0.4 is 18.9 Å². The minimum atomic E-state index is 0.0766. The molecular weight excluding hydrogens is 398 g/mol. The van der Waals surface area contributed by atoms with Gasteiger partial charge in [0, 0.05) is 11.0 Å². The zero-order valence-electron chi connectivity index (χ0n) is 15.8. The molecule has 140 valence electrons. The van der Waals surface area contributed by atoms with Crippen molar-refractivity contribution < 1.29 is 18.9 Å². The molecule has 0 fully saturated rings. The van der Waals surface area contributed by atoms with Crippen molar-refractivity contribution in [1.82, 2.24) is 4.90 Å². The van der Waals surface area contributed by atoms with Gasteiger partial charge in [0.1, 0.15) is 0 Å². The van der Waals surface area contributed by atoms with E-state index in [0.717, 1.165) is 34.5 Å². The third-order valence-electron chi connectivity index (χ3n) is 4.91. The number of fused-ring (bicyclic) bond motifs is 1. The summed E-state index contributed by atoms with van der Waals surface area (Å²) in [6.07, 6.45) is 0.966. The molecule has 0 radical (unpaired) electrons. The Morgan fingerprint density at radius 1 is 0.808 bits per heavy atom. The second-order valence-electron chi connectivity index (χ2n) is 6.27. The topological polar surface area (TPSA) is 40.2 Å². The lowest BCUT2D eigenvalue weighted by molar-refractivity contribution is 0.260. The van der Waals surface area contributed by atoms with Crippen molar-refractivity contribution in [3.05, 3.63) is 45.4 Å². The molecule has 1 atom stereocenters. The Kier molecular flexibility index (Phi) is 5.63. The van der Waals surface area contributed by atoms with Crippen LogP contribution in [0.5, 0.6) is 23.0 Å². The number of hydrogen-bond acceptors (Lipinski definition) is 5. The van der Waals surface area contributed by atoms with Crippen LogP contribution in [0.25, 0.3) is 0 Å². The summed E-state index contributed by atoms with van der Waals surface area (Å²) >= 11 is 3.71. The van der Waals surface area contributed by atoms with Crippen LogP contribution in [-0.4, -0.2) is 46.9 Å². The number of benzene rings is 2. The lowest BCUT2D eigenvalue weighted by Crippen LogP contribution is -2.33. The minimum absolute atomic E-state index is 0.0766. The van der Waals surface area contributed by atoms with E-state index in [2.05, 4.69) is 40.0 Å². The zero-order chi connectivity index (χ0) is 18.8. The van der Waals surface area contributed by atoms with Gasteiger partial charge in [-0.3, -0.25) is 4.90 Å². The summed E-state index contributed by atoms with van der Waals surface area (Å²) in [5.74, 6) is 2.92. The first-order valence-electron chi connectivity index (χ1n) is 8.40. The van der Waals surface area contributed by atoms with Crippen molar-refractivity contribution >= 4 is 15.9 Å². The van der Waals surface area contributed by atoms with E-state index in [1.807, 2.05) is 12.1 Å². The van der Waals surface area contributed by atoms with E-state index < -0.39 is 0 Å². The van der Waals surface area contributed by atoms with Crippen molar-refractivity contribution in [2.24, 2.45) is 0 Å². The zero-order valence-corrected chi connectivity index (χ0v) is 17.3. The molecule has 1 aliphatic rings. The van der Waals surface area contributed by atoms with Crippen LogP contribution in [-0.2, 0) is 6.42 Å². The maximum Gasteiger partial charge on any atom is 0.161 e. The molecule has 0 amide bonds. The standard InChI is InChI=1S/C20H24BrNO4/c1-22-7-6-12-8-16(23-2)17(24-3)9-13(12)20(22)14-10-18(25-4)19(26-5)11-15(14)21/h8-11,20H,6-7H2,1-5H3. The molecule has 0 saturated carbocycles. The van der Waals surface area contributed by atoms with Crippen LogP contribution in [0.3, 0.4) is 0 Å². The van der Waals surface area contributed by atoms with Crippen LogP contribution in [0.4, 0.5) is 0 Å². The second-order valence-corrected chi connectivity index (χ2v) is 7.12. The number of likely N-dealkylation sites (N-methyl/N-ethyl adjacent to an activating group) is 1. The summed E-state index contributed by atoms with van der Waals surface area (Å²) < 4.78 is 22.9. The summed E-state index contributed by atoms with van der Waals surface area (Å²) in [6.45, 7) is 0.952. The van der Waals surface area contributed by atoms with E-state index >= 15 is 0 Å². The molecule has 0 aromatic heterocycles. The Morgan fingerprint density at radius 3 is 1.88 bits per heavy atom. The number of rotatable bonds is 5. The monoisotopic (exact) mass is 421 g/mol. The fourth-order valence-electron chi connectivity index (χ4n) is 3.56. The molecule has 0 N–H and O–H groups in total. The van der Waals surface area contributed by atoms with Crippen molar-refractivity contribution in [3.8, 4) is 23.0 Å². The molecule has 6 heteroatoms. The average molecular weight is 422 g/mol. The maximum absolute atomic E-state index is 5.53. The van der Waals surface area contributed by atoms with Gasteiger partial charge >= 0.3 is 0 Å². The van der Waals surface area contributed by atoms with Gasteiger partial charge in [0.2, 0.25) is 0 Å². The molecule has 2 aromatic rings. The smallest absolute Gasteiger partial charge is 0.161 e. The van der Waals surface area contributed by atoms with Gasteiger partial charge in [0.25, 0.3) is 0 Å². The van der Waals surface area contributed by atoms with Crippen LogP contribution in [0.15, 0.2) is 28.7 Å².